The lowest BCUT2D eigenvalue weighted by Crippen LogP contribution is -2.40. The van der Waals surface area contributed by atoms with Gasteiger partial charge in [-0.05, 0) is 63.1 Å². The van der Waals surface area contributed by atoms with E-state index in [1.807, 2.05) is 0 Å². The number of Topliss-reactive ketones (excluding diaryl/α,β-unsaturated/α-hetero) is 3. The van der Waals surface area contributed by atoms with Crippen molar-refractivity contribution in [1.29, 1.82) is 0 Å². The number of nitrogens with zero attached hydrogens (tertiary/aromatic N) is 2. The van der Waals surface area contributed by atoms with Crippen molar-refractivity contribution < 1.29 is 64.9 Å². The normalized spacial score (nSPS) is 15.0. The number of hydrogen-bond acceptors (Lipinski definition) is 12. The summed E-state index contributed by atoms with van der Waals surface area (Å²) in [5.74, 6) is -4.70. The maximum absolute atomic E-state index is 12.9. The molecule has 2 aromatic carbocycles. The fourth-order valence-corrected chi connectivity index (χ4v) is 6.94. The average Bonchev–Trinajstić information content (AvgIpc) is 3.08. The molecule has 0 bridgehead atoms. The van der Waals surface area contributed by atoms with Gasteiger partial charge < -0.3 is 20.5 Å². The molecule has 3 aromatic rings. The van der Waals surface area contributed by atoms with Crippen molar-refractivity contribution in [1.82, 2.24) is 9.13 Å². The number of esters is 1. The number of nitrogens with two attached hydrogens (primary N) is 1. The number of aliphatic carboxylic acids is 1. The molecule has 0 aliphatic heterocycles. The molecule has 1 aliphatic rings. The Morgan fingerprint density at radius 1 is 0.983 bits per heavy atom. The zero-order valence-corrected chi connectivity index (χ0v) is 34.6. The Balaban J connectivity index is 0.000000325. The Kier molecular flexibility index (Phi) is 17.1. The second-order valence-electron chi connectivity index (χ2n) is 13.2. The number of ketones is 3. The lowest BCUT2D eigenvalue weighted by molar-refractivity contribution is -0.144. The van der Waals surface area contributed by atoms with E-state index >= 15 is 0 Å². The zero-order valence-electron chi connectivity index (χ0n) is 31.4. The summed E-state index contributed by atoms with van der Waals surface area (Å²) in [6, 6.07) is 6.52. The highest BCUT2D eigenvalue weighted by atomic mass is 35.5. The summed E-state index contributed by atoms with van der Waals surface area (Å²) in [4.78, 5) is 91.2. The summed E-state index contributed by atoms with van der Waals surface area (Å²) in [5.41, 5.74) is 1.08. The maximum Gasteiger partial charge on any atom is 0.431 e. The SMILES string of the molecule is CC(C)OC(=O)c1cc(-n2c(=O)cc(C(F)(F)F)n(C)c2=O)ccc1Cl.CP(=O)(O)CCC(N)C(=O)O.CS(=O)(=O)c1ccc(C(=O)C2C(=O)CCCC2=O)c(Cl)c1. The number of hydrogen-bond donors (Lipinski definition) is 3. The van der Waals surface area contributed by atoms with E-state index in [4.69, 9.17) is 43.7 Å². The van der Waals surface area contributed by atoms with E-state index in [0.29, 0.717) is 21.6 Å². The van der Waals surface area contributed by atoms with Gasteiger partial charge in [0, 0.05) is 50.6 Å². The molecule has 16 nitrogen and oxygen atoms in total. The third-order valence-corrected chi connectivity index (χ3v) is 10.8. The van der Waals surface area contributed by atoms with E-state index in [-0.39, 0.29) is 57.2 Å². The first kappa shape index (κ1) is 49.7. The van der Waals surface area contributed by atoms with Gasteiger partial charge in [0.2, 0.25) is 0 Å². The second kappa shape index (κ2) is 20.0. The average molecular weight is 901 g/mol. The predicted octanol–water partition coefficient (Wildman–Crippen LogP) is 4.33. The molecule has 4 rings (SSSR count). The molecular weight excluding hydrogens is 861 g/mol. The molecular formula is C35H39Cl2F3N3O13PS. The van der Waals surface area contributed by atoms with Gasteiger partial charge in [-0.15, -0.1) is 0 Å². The topological polar surface area (TPSA) is 256 Å². The number of aromatic nitrogens is 2. The molecule has 23 heteroatoms. The molecule has 58 heavy (non-hydrogen) atoms. The number of carbonyl (C=O) groups excluding carboxylic acids is 4. The van der Waals surface area contributed by atoms with Gasteiger partial charge in [-0.2, -0.15) is 13.2 Å². The van der Waals surface area contributed by atoms with Crippen LogP contribution >= 0.6 is 30.6 Å². The number of carbonyl (C=O) groups is 5. The molecule has 2 unspecified atom stereocenters. The van der Waals surface area contributed by atoms with Gasteiger partial charge in [-0.25, -0.2) is 22.6 Å². The van der Waals surface area contributed by atoms with Crippen LogP contribution in [0.5, 0.6) is 0 Å². The number of ether oxygens (including phenoxy) is 1. The fourth-order valence-electron chi connectivity index (χ4n) is 5.00. The van der Waals surface area contributed by atoms with Crippen LogP contribution in [-0.2, 0) is 46.7 Å². The van der Waals surface area contributed by atoms with Crippen LogP contribution in [0.15, 0.2) is 56.9 Å². The van der Waals surface area contributed by atoms with E-state index in [1.54, 1.807) is 13.8 Å². The minimum Gasteiger partial charge on any atom is -0.480 e. The first-order valence-corrected chi connectivity index (χ1v) is 21.7. The monoisotopic (exact) mass is 899 g/mol. The number of carboxylic acids is 1. The van der Waals surface area contributed by atoms with Crippen molar-refractivity contribution in [2.24, 2.45) is 18.7 Å². The number of sulfone groups is 1. The lowest BCUT2D eigenvalue weighted by atomic mass is 9.82. The molecule has 1 aliphatic carbocycles. The summed E-state index contributed by atoms with van der Waals surface area (Å²) in [7, 11) is -5.65. The third kappa shape index (κ3) is 13.8. The van der Waals surface area contributed by atoms with E-state index < -0.39 is 87.7 Å². The van der Waals surface area contributed by atoms with Crippen molar-refractivity contribution in [3.63, 3.8) is 0 Å². The molecule has 4 N–H and O–H groups in total. The number of alkyl halides is 3. The van der Waals surface area contributed by atoms with Crippen LogP contribution in [0.3, 0.4) is 0 Å². The van der Waals surface area contributed by atoms with Gasteiger partial charge in [-0.1, -0.05) is 23.2 Å². The molecule has 0 spiro atoms. The van der Waals surface area contributed by atoms with Gasteiger partial charge in [0.1, 0.15) is 17.7 Å². The Bertz CT molecular complexity index is 2360. The quantitative estimate of drug-likeness (QED) is 0.111. The van der Waals surface area contributed by atoms with Crippen LogP contribution in [0.1, 0.15) is 65.9 Å². The van der Waals surface area contributed by atoms with Crippen LogP contribution in [0, 0.1) is 5.92 Å². The van der Waals surface area contributed by atoms with Gasteiger partial charge in [0.15, 0.2) is 34.6 Å². The molecule has 1 saturated carbocycles. The fraction of sp³-hybridized carbons (Fsp3) is 0.400. The van der Waals surface area contributed by atoms with Gasteiger partial charge >= 0.3 is 23.8 Å². The second-order valence-corrected chi connectivity index (χ2v) is 18.5. The van der Waals surface area contributed by atoms with Crippen LogP contribution in [0.25, 0.3) is 5.69 Å². The predicted molar refractivity (Wildman–Crippen MR) is 205 cm³/mol. The van der Waals surface area contributed by atoms with Crippen LogP contribution < -0.4 is 17.0 Å². The molecule has 1 fully saturated rings. The summed E-state index contributed by atoms with van der Waals surface area (Å²) < 4.78 is 78.0. The first-order chi connectivity index (χ1) is 26.5. The van der Waals surface area contributed by atoms with Crippen molar-refractivity contribution in [3.8, 4) is 5.69 Å². The molecule has 0 saturated heterocycles. The van der Waals surface area contributed by atoms with E-state index in [2.05, 4.69) is 0 Å². The Morgan fingerprint density at radius 2 is 1.55 bits per heavy atom. The van der Waals surface area contributed by atoms with Gasteiger partial charge in [0.05, 0.1) is 32.3 Å². The largest absolute Gasteiger partial charge is 0.480 e. The first-order valence-electron chi connectivity index (χ1n) is 16.8. The number of carboxylic acid groups (broad SMARTS) is 1. The Hall–Kier alpha value is -4.46. The van der Waals surface area contributed by atoms with Crippen molar-refractivity contribution >= 4 is 69.7 Å². The summed E-state index contributed by atoms with van der Waals surface area (Å²) in [6.45, 7) is 4.42. The number of halogens is 5. The Morgan fingerprint density at radius 3 is 2.02 bits per heavy atom. The maximum atomic E-state index is 12.9. The highest BCUT2D eigenvalue weighted by molar-refractivity contribution is 7.90. The minimum atomic E-state index is -4.86. The Labute approximate surface area is 339 Å². The molecule has 0 amide bonds. The van der Waals surface area contributed by atoms with Crippen molar-refractivity contribution in [2.45, 2.75) is 62.7 Å². The standard InChI is InChI=1S/C16H14ClF3N2O4.C14H13ClO5S.C5H12NO4P/c1-8(2)26-14(24)10-6-9(4-5-11(10)17)22-13(23)7-12(16(18,19)20)21(3)15(22)25;1-21(19,20)8-5-6-9(10(15)7-8)14(18)13-11(16)3-2-4-12(13)17;1-11(9,10)3-2-4(6)5(7)8/h4-8H,1-3H3;5-7,13H,2-4H2,1H3;4H,2-3,6H2,1H3,(H,7,8)(H,9,10). The molecule has 1 heterocycles. The summed E-state index contributed by atoms with van der Waals surface area (Å²) in [5, 5.41) is 8.22. The smallest absolute Gasteiger partial charge is 0.431 e. The van der Waals surface area contributed by atoms with Crippen LogP contribution in [-0.4, -0.2) is 88.1 Å². The highest BCUT2D eigenvalue weighted by Crippen LogP contribution is 2.36. The molecule has 2 atom stereocenters. The van der Waals surface area contributed by atoms with E-state index in [0.717, 1.165) is 25.4 Å². The van der Waals surface area contributed by atoms with E-state index in [1.165, 1.54) is 30.9 Å². The molecule has 0 radical (unpaired) electrons. The summed E-state index contributed by atoms with van der Waals surface area (Å²) in [6.07, 6.45) is -3.43. The van der Waals surface area contributed by atoms with Gasteiger partial charge in [0.25, 0.3) is 5.56 Å². The van der Waals surface area contributed by atoms with Crippen LogP contribution in [0.2, 0.25) is 10.0 Å². The number of rotatable bonds is 10. The minimum absolute atomic E-state index is 0.00216. The van der Waals surface area contributed by atoms with Crippen molar-refractivity contribution in [2.75, 3.05) is 19.1 Å². The van der Waals surface area contributed by atoms with Gasteiger partial charge in [-0.3, -0.25) is 33.1 Å². The zero-order chi connectivity index (χ0) is 44.7. The molecule has 318 valence electrons. The lowest BCUT2D eigenvalue weighted by Gasteiger charge is -2.18. The van der Waals surface area contributed by atoms with Crippen LogP contribution in [0.4, 0.5) is 13.2 Å². The third-order valence-electron chi connectivity index (χ3n) is 7.94. The molecule has 1 aromatic heterocycles. The highest BCUT2D eigenvalue weighted by Gasteiger charge is 2.37. The summed E-state index contributed by atoms with van der Waals surface area (Å²) >= 11 is 11.9. The number of benzene rings is 2. The van der Waals surface area contributed by atoms with E-state index in [9.17, 15) is 59.7 Å². The van der Waals surface area contributed by atoms with Crippen molar-refractivity contribution in [3.05, 3.63) is 90.2 Å².